The highest BCUT2D eigenvalue weighted by atomic mass is 19.1. The second kappa shape index (κ2) is 5.54. The minimum atomic E-state index is -0.986. The van der Waals surface area contributed by atoms with Crippen LogP contribution in [0.25, 0.3) is 0 Å². The Morgan fingerprint density at radius 1 is 1.78 bits per heavy atom. The number of alkyl halides is 1. The van der Waals surface area contributed by atoms with Gasteiger partial charge in [-0.25, -0.2) is 4.39 Å². The number of carbonyl (C=O) groups is 1. The van der Waals surface area contributed by atoms with Gasteiger partial charge in [0.1, 0.15) is 12.8 Å². The number of hydrogen-bond acceptors (Lipinski definition) is 2. The Balaban J connectivity index is 3.04. The highest BCUT2D eigenvalue weighted by molar-refractivity contribution is 5.36. The van der Waals surface area contributed by atoms with Crippen LogP contribution in [0.5, 0.6) is 0 Å². The summed E-state index contributed by atoms with van der Waals surface area (Å²) in [6.07, 6.45) is 0.261. The fourth-order valence-corrected chi connectivity index (χ4v) is 0.540. The molecule has 0 spiro atoms. The van der Waals surface area contributed by atoms with Crippen molar-refractivity contribution >= 4 is 6.47 Å². The maximum Gasteiger partial charge on any atom is 0.293 e. The van der Waals surface area contributed by atoms with Crippen LogP contribution in [0.4, 0.5) is 4.39 Å². The van der Waals surface area contributed by atoms with Gasteiger partial charge in [0.25, 0.3) is 6.47 Å². The van der Waals surface area contributed by atoms with E-state index in [0.717, 1.165) is 6.42 Å². The average molecular weight is 134 g/mol. The van der Waals surface area contributed by atoms with Crippen molar-refractivity contribution in [2.45, 2.75) is 25.9 Å². The van der Waals surface area contributed by atoms with Crippen LogP contribution in [0.3, 0.4) is 0 Å². The molecule has 54 valence electrons. The molecule has 3 heteroatoms. The summed E-state index contributed by atoms with van der Waals surface area (Å²) in [7, 11) is 0. The molecule has 0 radical (unpaired) electrons. The Kier molecular flexibility index (Phi) is 5.17. The van der Waals surface area contributed by atoms with E-state index in [2.05, 4.69) is 4.74 Å². The highest BCUT2D eigenvalue weighted by Crippen LogP contribution is 2.00. The molecule has 0 aromatic heterocycles. The summed E-state index contributed by atoms with van der Waals surface area (Å²) in [5.41, 5.74) is 0. The summed E-state index contributed by atoms with van der Waals surface area (Å²) in [5.74, 6) is 0. The standard InChI is InChI=1S/C6H11FO2/c1-2-3-6(7)4-9-5-8/h5-6H,2-4H2,1H3. The van der Waals surface area contributed by atoms with E-state index in [0.29, 0.717) is 6.42 Å². The van der Waals surface area contributed by atoms with Gasteiger partial charge in [0.15, 0.2) is 0 Å². The fraction of sp³-hybridized carbons (Fsp3) is 0.833. The minimum absolute atomic E-state index is 0.0999. The molecule has 0 fully saturated rings. The summed E-state index contributed by atoms with van der Waals surface area (Å²) >= 11 is 0. The fourth-order valence-electron chi connectivity index (χ4n) is 0.540. The summed E-state index contributed by atoms with van der Waals surface area (Å²) < 4.78 is 16.5. The van der Waals surface area contributed by atoms with Crippen LogP contribution in [0.1, 0.15) is 19.8 Å². The Morgan fingerprint density at radius 3 is 2.89 bits per heavy atom. The molecule has 1 atom stereocenters. The molecule has 0 rings (SSSR count). The highest BCUT2D eigenvalue weighted by Gasteiger charge is 2.03. The second-order valence-electron chi connectivity index (χ2n) is 1.82. The van der Waals surface area contributed by atoms with Gasteiger partial charge in [-0.2, -0.15) is 0 Å². The summed E-state index contributed by atoms with van der Waals surface area (Å²) in [4.78, 5) is 9.52. The molecule has 0 aliphatic heterocycles. The van der Waals surface area contributed by atoms with Gasteiger partial charge in [-0.05, 0) is 6.42 Å². The molecular weight excluding hydrogens is 123 g/mol. The zero-order valence-corrected chi connectivity index (χ0v) is 5.47. The van der Waals surface area contributed by atoms with Gasteiger partial charge in [0.05, 0.1) is 0 Å². The monoisotopic (exact) mass is 134 g/mol. The van der Waals surface area contributed by atoms with E-state index in [-0.39, 0.29) is 13.1 Å². The third-order valence-corrected chi connectivity index (χ3v) is 0.947. The summed E-state index contributed by atoms with van der Waals surface area (Å²) in [5, 5.41) is 0. The molecule has 0 N–H and O–H groups in total. The van der Waals surface area contributed by atoms with Gasteiger partial charge in [0.2, 0.25) is 0 Å². The molecule has 1 unspecified atom stereocenters. The van der Waals surface area contributed by atoms with Crippen molar-refractivity contribution in [2.24, 2.45) is 0 Å². The van der Waals surface area contributed by atoms with Crippen LogP contribution in [-0.2, 0) is 9.53 Å². The largest absolute Gasteiger partial charge is 0.465 e. The van der Waals surface area contributed by atoms with Crippen LogP contribution in [0.2, 0.25) is 0 Å². The smallest absolute Gasteiger partial charge is 0.293 e. The van der Waals surface area contributed by atoms with Gasteiger partial charge in [-0.15, -0.1) is 0 Å². The molecule has 0 saturated heterocycles. The van der Waals surface area contributed by atoms with Gasteiger partial charge in [-0.1, -0.05) is 13.3 Å². The van der Waals surface area contributed by atoms with Crippen molar-refractivity contribution in [3.63, 3.8) is 0 Å². The van der Waals surface area contributed by atoms with Crippen molar-refractivity contribution in [3.8, 4) is 0 Å². The van der Waals surface area contributed by atoms with Crippen molar-refractivity contribution in [1.82, 2.24) is 0 Å². The van der Waals surface area contributed by atoms with Crippen LogP contribution in [-0.4, -0.2) is 19.3 Å². The topological polar surface area (TPSA) is 26.3 Å². The third-order valence-electron chi connectivity index (χ3n) is 0.947. The molecule has 0 bridgehead atoms. The lowest BCUT2D eigenvalue weighted by molar-refractivity contribution is -0.130. The van der Waals surface area contributed by atoms with Crippen LogP contribution in [0.15, 0.2) is 0 Å². The number of ether oxygens (including phenoxy) is 1. The summed E-state index contributed by atoms with van der Waals surface area (Å²) in [6.45, 7) is 2.05. The van der Waals surface area contributed by atoms with Crippen molar-refractivity contribution in [3.05, 3.63) is 0 Å². The first kappa shape index (κ1) is 8.40. The molecule has 0 aliphatic rings. The van der Waals surface area contributed by atoms with E-state index in [1.165, 1.54) is 0 Å². The molecule has 0 saturated carbocycles. The first-order valence-corrected chi connectivity index (χ1v) is 3.00. The Labute approximate surface area is 54.0 Å². The number of hydrogen-bond donors (Lipinski definition) is 0. The first-order valence-electron chi connectivity index (χ1n) is 3.00. The van der Waals surface area contributed by atoms with E-state index in [1.807, 2.05) is 6.92 Å². The molecule has 2 nitrogen and oxygen atoms in total. The second-order valence-corrected chi connectivity index (χ2v) is 1.82. The maximum absolute atomic E-state index is 12.3. The van der Waals surface area contributed by atoms with Crippen LogP contribution in [0, 0.1) is 0 Å². The van der Waals surface area contributed by atoms with Crippen molar-refractivity contribution < 1.29 is 13.9 Å². The molecular formula is C6H11FO2. The Hall–Kier alpha value is -0.600. The minimum Gasteiger partial charge on any atom is -0.465 e. The first-order chi connectivity index (χ1) is 4.31. The van der Waals surface area contributed by atoms with Gasteiger partial charge in [-0.3, -0.25) is 4.79 Å². The van der Waals surface area contributed by atoms with Crippen LogP contribution >= 0.6 is 0 Å². The Bertz CT molecular complexity index is 75.5. The quantitative estimate of drug-likeness (QED) is 0.530. The molecule has 0 aliphatic carbocycles. The van der Waals surface area contributed by atoms with E-state index >= 15 is 0 Å². The summed E-state index contributed by atoms with van der Waals surface area (Å²) in [6, 6.07) is 0. The lowest BCUT2D eigenvalue weighted by Gasteiger charge is -2.02. The van der Waals surface area contributed by atoms with Gasteiger partial charge >= 0.3 is 0 Å². The predicted molar refractivity (Wildman–Crippen MR) is 31.8 cm³/mol. The number of halogens is 1. The third kappa shape index (κ3) is 5.27. The molecule has 0 aromatic rings. The molecule has 0 heterocycles. The zero-order valence-electron chi connectivity index (χ0n) is 5.47. The molecule has 9 heavy (non-hydrogen) atoms. The lowest BCUT2D eigenvalue weighted by Crippen LogP contribution is -2.08. The van der Waals surface area contributed by atoms with Gasteiger partial charge in [0, 0.05) is 0 Å². The Morgan fingerprint density at radius 2 is 2.44 bits per heavy atom. The SMILES string of the molecule is CCCC(F)COC=O. The molecule has 0 amide bonds. The number of carbonyl (C=O) groups excluding carboxylic acids is 1. The van der Waals surface area contributed by atoms with E-state index in [9.17, 15) is 9.18 Å². The van der Waals surface area contributed by atoms with Crippen LogP contribution < -0.4 is 0 Å². The zero-order chi connectivity index (χ0) is 7.11. The number of rotatable bonds is 5. The maximum atomic E-state index is 12.3. The van der Waals surface area contributed by atoms with Crippen molar-refractivity contribution in [1.29, 1.82) is 0 Å². The molecule has 0 aromatic carbocycles. The average Bonchev–Trinajstić information content (AvgIpc) is 1.85. The van der Waals surface area contributed by atoms with E-state index in [4.69, 9.17) is 0 Å². The van der Waals surface area contributed by atoms with E-state index in [1.54, 1.807) is 0 Å². The predicted octanol–water partition coefficient (Wildman–Crippen LogP) is 1.30. The van der Waals surface area contributed by atoms with Gasteiger partial charge < -0.3 is 4.74 Å². The van der Waals surface area contributed by atoms with E-state index < -0.39 is 6.17 Å². The van der Waals surface area contributed by atoms with Crippen molar-refractivity contribution in [2.75, 3.05) is 6.61 Å². The lowest BCUT2D eigenvalue weighted by atomic mass is 10.2. The normalized spacial score (nSPS) is 12.7.